The molecule has 0 aliphatic heterocycles. The lowest BCUT2D eigenvalue weighted by Crippen LogP contribution is -1.96. The summed E-state index contributed by atoms with van der Waals surface area (Å²) in [5, 5.41) is 8.11. The Morgan fingerprint density at radius 1 is 1.36 bits per heavy atom. The minimum absolute atomic E-state index is 0.0716. The molecule has 0 atom stereocenters. The predicted octanol–water partition coefficient (Wildman–Crippen LogP) is 1.65. The highest BCUT2D eigenvalue weighted by Crippen LogP contribution is 2.13. The van der Waals surface area contributed by atoms with Crippen molar-refractivity contribution >= 4 is 6.29 Å². The molecule has 0 amide bonds. The smallest absolute Gasteiger partial charge is 0.156 e. The number of rotatable bonds is 1. The van der Waals surface area contributed by atoms with Crippen molar-refractivity contribution in [2.45, 2.75) is 0 Å². The Morgan fingerprint density at radius 2 is 2.07 bits per heavy atom. The Balaban J connectivity index is 3.37. The molecule has 0 bridgehead atoms. The summed E-state index contributed by atoms with van der Waals surface area (Å²) in [6, 6.07) is 3.48. The number of nitrogens with zero attached hydrogens (tertiary/aromatic N) is 1. The zero-order valence-corrected chi connectivity index (χ0v) is 6.84. The first-order valence-electron chi connectivity index (χ1n) is 3.54. The Bertz CT molecular complexity index is 477. The van der Waals surface area contributed by atoms with Gasteiger partial charge in [-0.3, -0.25) is 4.79 Å². The number of hydrogen-bond acceptors (Lipinski definition) is 2. The van der Waals surface area contributed by atoms with E-state index in [1.54, 1.807) is 0 Å². The molecule has 1 aromatic rings. The van der Waals surface area contributed by atoms with E-state index < -0.39 is 17.2 Å². The molecule has 1 aromatic carbocycles. The zero-order valence-electron chi connectivity index (χ0n) is 6.84. The Hall–Kier alpha value is -2.20. The molecule has 4 heteroatoms. The van der Waals surface area contributed by atoms with E-state index >= 15 is 0 Å². The maximum Gasteiger partial charge on any atom is 0.156 e. The molecule has 0 unspecified atom stereocenters. The van der Waals surface area contributed by atoms with Gasteiger partial charge < -0.3 is 0 Å². The van der Waals surface area contributed by atoms with E-state index in [2.05, 4.69) is 5.92 Å². The van der Waals surface area contributed by atoms with Crippen LogP contribution in [0.1, 0.15) is 15.9 Å². The van der Waals surface area contributed by atoms with E-state index in [4.69, 9.17) is 5.26 Å². The molecule has 0 saturated heterocycles. The Labute approximate surface area is 78.8 Å². The fourth-order valence-electron chi connectivity index (χ4n) is 0.869. The molecule has 2 nitrogen and oxygen atoms in total. The van der Waals surface area contributed by atoms with Crippen LogP contribution in [0.4, 0.5) is 8.78 Å². The molecule has 68 valence electrons. The Kier molecular flexibility index (Phi) is 2.93. The molecule has 0 aliphatic carbocycles. The van der Waals surface area contributed by atoms with Gasteiger partial charge in [0, 0.05) is 5.92 Å². The molecular weight excluding hydrogens is 188 g/mol. The Morgan fingerprint density at radius 3 is 2.64 bits per heavy atom. The SMILES string of the molecule is N#CC#Cc1ccc(F)c(C=O)c1F. The lowest BCUT2D eigenvalue weighted by molar-refractivity contribution is 0.111. The van der Waals surface area contributed by atoms with Gasteiger partial charge in [0.1, 0.15) is 5.82 Å². The second-order valence-corrected chi connectivity index (χ2v) is 2.30. The van der Waals surface area contributed by atoms with E-state index in [1.807, 2.05) is 5.92 Å². The number of benzene rings is 1. The lowest BCUT2D eigenvalue weighted by Gasteiger charge is -1.98. The second-order valence-electron chi connectivity index (χ2n) is 2.30. The van der Waals surface area contributed by atoms with Crippen LogP contribution in [0.2, 0.25) is 0 Å². The quantitative estimate of drug-likeness (QED) is 0.500. The molecule has 0 radical (unpaired) electrons. The van der Waals surface area contributed by atoms with Gasteiger partial charge in [0.05, 0.1) is 11.1 Å². The lowest BCUT2D eigenvalue weighted by atomic mass is 10.1. The monoisotopic (exact) mass is 191 g/mol. The second kappa shape index (κ2) is 4.15. The number of aldehydes is 1. The summed E-state index contributed by atoms with van der Waals surface area (Å²) in [6.07, 6.45) is 0.0716. The molecule has 0 N–H and O–H groups in total. The molecule has 0 spiro atoms. The van der Waals surface area contributed by atoms with E-state index in [9.17, 15) is 13.6 Å². The molecule has 0 aromatic heterocycles. The molecule has 0 saturated carbocycles. The maximum absolute atomic E-state index is 13.2. The predicted molar refractivity (Wildman–Crippen MR) is 44.2 cm³/mol. The van der Waals surface area contributed by atoms with E-state index in [-0.39, 0.29) is 11.8 Å². The van der Waals surface area contributed by atoms with Crippen LogP contribution in [0.3, 0.4) is 0 Å². The van der Waals surface area contributed by atoms with Crippen LogP contribution in [0.15, 0.2) is 12.1 Å². The minimum atomic E-state index is -1.04. The van der Waals surface area contributed by atoms with Crippen LogP contribution in [-0.2, 0) is 0 Å². The highest BCUT2D eigenvalue weighted by Gasteiger charge is 2.11. The summed E-state index contributed by atoms with van der Waals surface area (Å²) in [6.45, 7) is 0. The van der Waals surface area contributed by atoms with E-state index in [0.717, 1.165) is 12.1 Å². The van der Waals surface area contributed by atoms with Gasteiger partial charge in [-0.25, -0.2) is 8.78 Å². The van der Waals surface area contributed by atoms with Crippen LogP contribution in [0.25, 0.3) is 0 Å². The third-order valence-corrected chi connectivity index (χ3v) is 1.50. The number of halogens is 2. The fourth-order valence-corrected chi connectivity index (χ4v) is 0.869. The van der Waals surface area contributed by atoms with Crippen molar-refractivity contribution in [2.75, 3.05) is 0 Å². The van der Waals surface area contributed by atoms with Crippen molar-refractivity contribution in [1.82, 2.24) is 0 Å². The topological polar surface area (TPSA) is 40.9 Å². The van der Waals surface area contributed by atoms with Crippen molar-refractivity contribution in [3.8, 4) is 17.9 Å². The van der Waals surface area contributed by atoms with Gasteiger partial charge >= 0.3 is 0 Å². The molecule has 1 rings (SSSR count). The van der Waals surface area contributed by atoms with E-state index in [0.29, 0.717) is 0 Å². The third kappa shape index (κ3) is 1.75. The minimum Gasteiger partial charge on any atom is -0.298 e. The summed E-state index contributed by atoms with van der Waals surface area (Å²) in [5.74, 6) is 2.12. The van der Waals surface area contributed by atoms with E-state index in [1.165, 1.54) is 6.07 Å². The molecular formula is C10H3F2NO. The zero-order chi connectivity index (χ0) is 10.6. The summed E-state index contributed by atoms with van der Waals surface area (Å²) in [4.78, 5) is 10.3. The van der Waals surface area contributed by atoms with Gasteiger partial charge in [0.15, 0.2) is 18.2 Å². The van der Waals surface area contributed by atoms with Gasteiger partial charge in [-0.1, -0.05) is 0 Å². The highest BCUT2D eigenvalue weighted by molar-refractivity contribution is 5.76. The van der Waals surface area contributed by atoms with Crippen molar-refractivity contribution in [1.29, 1.82) is 5.26 Å². The largest absolute Gasteiger partial charge is 0.298 e. The number of hydrogen-bond donors (Lipinski definition) is 0. The maximum atomic E-state index is 13.2. The van der Waals surface area contributed by atoms with Crippen LogP contribution >= 0.6 is 0 Å². The molecule has 14 heavy (non-hydrogen) atoms. The summed E-state index contributed by atoms with van der Waals surface area (Å²) in [7, 11) is 0. The standard InChI is InChI=1S/C10H3F2NO/c11-9-4-3-7(2-1-5-13)10(12)8(9)6-14/h3-4,6H. The summed E-state index contributed by atoms with van der Waals surface area (Å²) < 4.78 is 25.9. The fraction of sp³-hybridized carbons (Fsp3) is 0. The first-order chi connectivity index (χ1) is 6.70. The van der Waals surface area contributed by atoms with Gasteiger partial charge in [-0.15, -0.1) is 0 Å². The first kappa shape index (κ1) is 9.88. The van der Waals surface area contributed by atoms with Crippen LogP contribution in [0.5, 0.6) is 0 Å². The van der Waals surface area contributed by atoms with Crippen LogP contribution in [0, 0.1) is 34.8 Å². The summed E-state index contributed by atoms with van der Waals surface area (Å²) in [5.41, 5.74) is -0.843. The van der Waals surface area contributed by atoms with Gasteiger partial charge in [0.2, 0.25) is 0 Å². The van der Waals surface area contributed by atoms with Gasteiger partial charge in [0.25, 0.3) is 0 Å². The first-order valence-corrected chi connectivity index (χ1v) is 3.54. The molecule has 0 fully saturated rings. The number of carbonyl (C=O) groups excluding carboxylic acids is 1. The van der Waals surface area contributed by atoms with Crippen molar-refractivity contribution in [3.05, 3.63) is 34.9 Å². The highest BCUT2D eigenvalue weighted by atomic mass is 19.1. The average molecular weight is 191 g/mol. The van der Waals surface area contributed by atoms with Crippen molar-refractivity contribution in [3.63, 3.8) is 0 Å². The normalized spacial score (nSPS) is 8.36. The van der Waals surface area contributed by atoms with Crippen molar-refractivity contribution < 1.29 is 13.6 Å². The number of nitriles is 1. The molecule has 0 aliphatic rings. The number of carbonyl (C=O) groups is 1. The average Bonchev–Trinajstić information content (AvgIpc) is 2.18. The summed E-state index contributed by atoms with van der Waals surface area (Å²) >= 11 is 0. The van der Waals surface area contributed by atoms with Crippen LogP contribution in [-0.4, -0.2) is 6.29 Å². The molecule has 0 heterocycles. The third-order valence-electron chi connectivity index (χ3n) is 1.50. The van der Waals surface area contributed by atoms with Crippen molar-refractivity contribution in [2.24, 2.45) is 0 Å². The van der Waals surface area contributed by atoms with Gasteiger partial charge in [-0.05, 0) is 18.1 Å². The van der Waals surface area contributed by atoms with Crippen LogP contribution < -0.4 is 0 Å². The van der Waals surface area contributed by atoms with Gasteiger partial charge in [-0.2, -0.15) is 5.26 Å².